The van der Waals surface area contributed by atoms with Crippen LogP contribution in [0.1, 0.15) is 90.1 Å². The summed E-state index contributed by atoms with van der Waals surface area (Å²) in [6, 6.07) is 37.8. The molecule has 8 bridgehead atoms. The Morgan fingerprint density at radius 1 is 0.433 bits per heavy atom. The van der Waals surface area contributed by atoms with E-state index in [1.807, 2.05) is 36.4 Å². The highest BCUT2D eigenvalue weighted by atomic mass is 19.4. The number of nitrogens with one attached hydrogen (secondary N) is 1. The van der Waals surface area contributed by atoms with Crippen molar-refractivity contribution in [3.63, 3.8) is 0 Å². The fourth-order valence-electron chi connectivity index (χ4n) is 8.68. The van der Waals surface area contributed by atoms with Crippen LogP contribution >= 0.6 is 0 Å². The smallest absolute Gasteiger partial charge is 0.353 e. The van der Waals surface area contributed by atoms with E-state index in [2.05, 4.69) is 123 Å². The van der Waals surface area contributed by atoms with Crippen molar-refractivity contribution in [2.45, 2.75) is 91.7 Å². The molecule has 0 aliphatic carbocycles. The number of H-pyrrole nitrogens is 1. The summed E-state index contributed by atoms with van der Waals surface area (Å²) < 4.78 is 47.9. The quantitative estimate of drug-likeness (QED) is 0.189. The summed E-state index contributed by atoms with van der Waals surface area (Å²) >= 11 is 0. The van der Waals surface area contributed by atoms with E-state index in [1.54, 1.807) is 30.3 Å². The number of aromatic nitrogens is 3. The van der Waals surface area contributed by atoms with Crippen LogP contribution in [0.2, 0.25) is 0 Å². The SMILES string of the molecule is Cc1c(-c2ccccc2)cc2nc1-c1cc(cc(C(C)(C)C)c1)-c1nc(cc(-c3ccccc3)c1C(F)(F)F)-c1cc(C(C)(C)C)cc3c1[nH]c1c-2cc(C(C)(C)C)cc13. The zero-order valence-corrected chi connectivity index (χ0v) is 36.0. The average molecular weight is 798 g/mol. The summed E-state index contributed by atoms with van der Waals surface area (Å²) in [7, 11) is 0. The molecule has 0 unspecified atom stereocenters. The van der Waals surface area contributed by atoms with Gasteiger partial charge in [0.1, 0.15) is 0 Å². The van der Waals surface area contributed by atoms with Crippen LogP contribution in [0.3, 0.4) is 0 Å². The zero-order valence-electron chi connectivity index (χ0n) is 36.0. The largest absolute Gasteiger partial charge is 0.419 e. The second-order valence-corrected chi connectivity index (χ2v) is 19.6. The van der Waals surface area contributed by atoms with Gasteiger partial charge in [-0.15, -0.1) is 0 Å². The van der Waals surface area contributed by atoms with E-state index in [1.165, 1.54) is 0 Å². The highest BCUT2D eigenvalue weighted by Gasteiger charge is 2.39. The van der Waals surface area contributed by atoms with E-state index in [0.717, 1.165) is 77.6 Å². The molecule has 6 heteroatoms. The first kappa shape index (κ1) is 39.5. The third kappa shape index (κ3) is 6.70. The number of nitrogens with zero attached hydrogens (tertiary/aromatic N) is 2. The van der Waals surface area contributed by atoms with Crippen LogP contribution in [-0.4, -0.2) is 15.0 Å². The molecule has 60 heavy (non-hydrogen) atoms. The van der Waals surface area contributed by atoms with E-state index in [0.29, 0.717) is 22.5 Å². The van der Waals surface area contributed by atoms with Gasteiger partial charge in [-0.1, -0.05) is 123 Å². The van der Waals surface area contributed by atoms with Crippen molar-refractivity contribution < 1.29 is 13.2 Å². The number of alkyl halides is 3. The molecule has 1 N–H and O–H groups in total. The summed E-state index contributed by atoms with van der Waals surface area (Å²) in [4.78, 5) is 14.6. The first-order valence-corrected chi connectivity index (χ1v) is 20.7. The lowest BCUT2D eigenvalue weighted by Crippen LogP contribution is -2.14. The summed E-state index contributed by atoms with van der Waals surface area (Å²) in [5.41, 5.74) is 11.4. The number of hydrogen-bond donors (Lipinski definition) is 1. The Kier molecular flexibility index (Phi) is 8.88. The number of rotatable bonds is 2. The maximum Gasteiger partial charge on any atom is 0.419 e. The molecule has 4 heterocycles. The molecule has 1 aliphatic heterocycles. The van der Waals surface area contributed by atoms with Gasteiger partial charge >= 0.3 is 6.18 Å². The zero-order chi connectivity index (χ0) is 42.7. The summed E-state index contributed by atoms with van der Waals surface area (Å²) in [5.74, 6) is 0. The van der Waals surface area contributed by atoms with Crippen molar-refractivity contribution in [3.05, 3.63) is 143 Å². The Balaban J connectivity index is 1.57. The van der Waals surface area contributed by atoms with Gasteiger partial charge in [0.15, 0.2) is 0 Å². The first-order valence-electron chi connectivity index (χ1n) is 20.7. The topological polar surface area (TPSA) is 41.6 Å². The molecule has 5 aromatic carbocycles. The van der Waals surface area contributed by atoms with Crippen molar-refractivity contribution >= 4 is 21.8 Å². The number of fused-ring (bicyclic) bond motifs is 11. The molecule has 3 nitrogen and oxygen atoms in total. The molecule has 9 rings (SSSR count). The lowest BCUT2D eigenvalue weighted by Gasteiger charge is -2.25. The predicted octanol–water partition coefficient (Wildman–Crippen LogP) is 15.6. The Labute approximate surface area is 350 Å². The van der Waals surface area contributed by atoms with Gasteiger partial charge < -0.3 is 4.98 Å². The van der Waals surface area contributed by atoms with Crippen molar-refractivity contribution in [2.75, 3.05) is 0 Å². The van der Waals surface area contributed by atoms with Gasteiger partial charge in [-0.25, -0.2) is 9.97 Å². The van der Waals surface area contributed by atoms with Gasteiger partial charge in [0.2, 0.25) is 0 Å². The third-order valence-electron chi connectivity index (χ3n) is 12.2. The molecule has 0 atom stereocenters. The van der Waals surface area contributed by atoms with Crippen molar-refractivity contribution in [2.24, 2.45) is 0 Å². The van der Waals surface area contributed by atoms with Gasteiger partial charge in [-0.05, 0) is 122 Å². The molecular weight excluding hydrogens is 748 g/mol. The molecule has 0 saturated heterocycles. The van der Waals surface area contributed by atoms with Crippen LogP contribution in [0.4, 0.5) is 13.2 Å². The van der Waals surface area contributed by atoms with Crippen molar-refractivity contribution in [3.8, 4) is 67.3 Å². The molecule has 8 aromatic rings. The Bertz CT molecular complexity index is 3010. The summed E-state index contributed by atoms with van der Waals surface area (Å²) in [6.07, 6.45) is -4.73. The fourth-order valence-corrected chi connectivity index (χ4v) is 8.68. The fraction of sp³-hybridized carbons (Fsp3) is 0.259. The minimum absolute atomic E-state index is 0.0849. The minimum atomic E-state index is -4.73. The summed E-state index contributed by atoms with van der Waals surface area (Å²) in [5, 5.41) is 2.02. The molecule has 3 aromatic heterocycles. The van der Waals surface area contributed by atoms with Gasteiger partial charge in [-0.3, -0.25) is 0 Å². The predicted molar refractivity (Wildman–Crippen MR) is 243 cm³/mol. The normalized spacial score (nSPS) is 13.1. The number of hydrogen-bond acceptors (Lipinski definition) is 2. The lowest BCUT2D eigenvalue weighted by molar-refractivity contribution is -0.136. The van der Waals surface area contributed by atoms with Crippen LogP contribution in [0.5, 0.6) is 0 Å². The highest BCUT2D eigenvalue weighted by molar-refractivity contribution is 6.16. The molecule has 302 valence electrons. The molecule has 0 saturated carbocycles. The standard InChI is InChI=1S/C54H50F3N3/c1-30-38(31-17-13-11-14-18-31)28-44-42-26-36(52(5,6)7)24-40-41-25-37(53(8,9)10)27-43(50(41)60-49(40)42)45-29-39(32-19-15-12-16-20-32)46(54(55,56)57)48(59-45)34-21-33(47(30)58-44)22-35(23-34)51(2,3)4/h11-29,60H,1-10H3. The van der Waals surface area contributed by atoms with Gasteiger partial charge in [0, 0.05) is 33.0 Å². The van der Waals surface area contributed by atoms with Gasteiger partial charge in [0.05, 0.1) is 39.4 Å². The molecule has 1 aliphatic rings. The van der Waals surface area contributed by atoms with Gasteiger partial charge in [0.25, 0.3) is 0 Å². The number of aromatic amines is 1. The van der Waals surface area contributed by atoms with Crippen molar-refractivity contribution in [1.29, 1.82) is 0 Å². The van der Waals surface area contributed by atoms with Gasteiger partial charge in [-0.2, -0.15) is 13.2 Å². The lowest BCUT2D eigenvalue weighted by atomic mass is 9.82. The van der Waals surface area contributed by atoms with E-state index in [4.69, 9.17) is 9.97 Å². The van der Waals surface area contributed by atoms with E-state index in [-0.39, 0.29) is 22.1 Å². The maximum atomic E-state index is 16.0. The van der Waals surface area contributed by atoms with Crippen molar-refractivity contribution in [1.82, 2.24) is 15.0 Å². The molecule has 0 spiro atoms. The average Bonchev–Trinajstić information content (AvgIpc) is 3.57. The highest BCUT2D eigenvalue weighted by Crippen LogP contribution is 2.49. The van der Waals surface area contributed by atoms with E-state index in [9.17, 15) is 0 Å². The monoisotopic (exact) mass is 797 g/mol. The van der Waals surface area contributed by atoms with Crippen LogP contribution in [0.15, 0.2) is 115 Å². The van der Waals surface area contributed by atoms with Crippen LogP contribution < -0.4 is 0 Å². The number of halogens is 3. The summed E-state index contributed by atoms with van der Waals surface area (Å²) in [6.45, 7) is 21.5. The molecular formula is C54H50F3N3. The first-order chi connectivity index (χ1) is 28.2. The molecule has 0 amide bonds. The Hall–Kier alpha value is -6.01. The third-order valence-corrected chi connectivity index (χ3v) is 12.2. The second kappa shape index (κ2) is 13.5. The van der Waals surface area contributed by atoms with E-state index < -0.39 is 17.2 Å². The van der Waals surface area contributed by atoms with Crippen LogP contribution in [0.25, 0.3) is 89.1 Å². The van der Waals surface area contributed by atoms with E-state index >= 15 is 13.2 Å². The minimum Gasteiger partial charge on any atom is -0.353 e. The Morgan fingerprint density at radius 3 is 1.32 bits per heavy atom. The number of pyridine rings is 2. The Morgan fingerprint density at radius 2 is 0.850 bits per heavy atom. The second-order valence-electron chi connectivity index (χ2n) is 19.6. The molecule has 0 fully saturated rings. The van der Waals surface area contributed by atoms with Crippen LogP contribution in [0, 0.1) is 6.92 Å². The molecule has 0 radical (unpaired) electrons. The van der Waals surface area contributed by atoms with Crippen LogP contribution in [-0.2, 0) is 22.4 Å². The number of benzene rings is 5. The maximum absolute atomic E-state index is 16.0.